The zero-order valence-corrected chi connectivity index (χ0v) is 16.6. The van der Waals surface area contributed by atoms with E-state index in [0.29, 0.717) is 23.4 Å². The van der Waals surface area contributed by atoms with Gasteiger partial charge in [0.2, 0.25) is 0 Å². The minimum atomic E-state index is -0.244. The number of pyridine rings is 1. The molecule has 146 valence electrons. The van der Waals surface area contributed by atoms with Crippen molar-refractivity contribution >= 4 is 28.8 Å². The van der Waals surface area contributed by atoms with E-state index in [1.54, 1.807) is 49.3 Å². The van der Waals surface area contributed by atoms with Gasteiger partial charge in [0.1, 0.15) is 11.3 Å². The normalized spacial score (nSPS) is 11.0. The molecule has 0 radical (unpaired) electrons. The molecule has 1 amide bonds. The summed E-state index contributed by atoms with van der Waals surface area (Å²) in [5, 5.41) is 3.39. The van der Waals surface area contributed by atoms with Gasteiger partial charge in [-0.2, -0.15) is 0 Å². The van der Waals surface area contributed by atoms with Gasteiger partial charge in [-0.15, -0.1) is 0 Å². The van der Waals surface area contributed by atoms with E-state index in [9.17, 15) is 9.18 Å². The smallest absolute Gasteiger partial charge is 0.251 e. The van der Waals surface area contributed by atoms with Crippen LogP contribution in [-0.4, -0.2) is 27.5 Å². The van der Waals surface area contributed by atoms with Crippen LogP contribution in [0.25, 0.3) is 11.2 Å². The lowest BCUT2D eigenvalue weighted by Crippen LogP contribution is -2.17. The molecule has 4 rings (SSSR count). The number of benzene rings is 2. The molecule has 0 aliphatic rings. The van der Waals surface area contributed by atoms with Crippen molar-refractivity contribution in [3.8, 4) is 0 Å². The standard InChI is InChI=1S/C22H19FN4OS/c1-24-21(28)16-10-8-15(9-11-16)14-29-22-26-19-7-4-12-25-20(19)27(22)13-17-5-2-3-6-18(17)23/h2-12H,13-14H2,1H3,(H,24,28). The summed E-state index contributed by atoms with van der Waals surface area (Å²) in [5.41, 5.74) is 3.79. The van der Waals surface area contributed by atoms with Gasteiger partial charge in [-0.25, -0.2) is 14.4 Å². The van der Waals surface area contributed by atoms with Crippen molar-refractivity contribution in [3.63, 3.8) is 0 Å². The number of rotatable bonds is 6. The van der Waals surface area contributed by atoms with Crippen molar-refractivity contribution in [3.05, 3.63) is 89.4 Å². The van der Waals surface area contributed by atoms with Crippen molar-refractivity contribution < 1.29 is 9.18 Å². The molecule has 0 aliphatic carbocycles. The van der Waals surface area contributed by atoms with E-state index < -0.39 is 0 Å². The molecule has 2 aromatic carbocycles. The van der Waals surface area contributed by atoms with E-state index in [2.05, 4.69) is 15.3 Å². The van der Waals surface area contributed by atoms with E-state index in [4.69, 9.17) is 0 Å². The summed E-state index contributed by atoms with van der Waals surface area (Å²) in [7, 11) is 1.61. The maximum atomic E-state index is 14.2. The molecule has 0 saturated heterocycles. The summed E-state index contributed by atoms with van der Waals surface area (Å²) in [4.78, 5) is 20.8. The first-order chi connectivity index (χ1) is 14.2. The Hall–Kier alpha value is -3.19. The Bertz CT molecular complexity index is 1160. The molecule has 5 nitrogen and oxygen atoms in total. The molecular formula is C22H19FN4OS. The third-order valence-electron chi connectivity index (χ3n) is 4.57. The SMILES string of the molecule is CNC(=O)c1ccc(CSc2nc3cccnc3n2Cc2ccccc2F)cc1. The number of fused-ring (bicyclic) bond motifs is 1. The van der Waals surface area contributed by atoms with Crippen LogP contribution in [0.15, 0.2) is 72.0 Å². The predicted molar refractivity (Wildman–Crippen MR) is 112 cm³/mol. The average Bonchev–Trinajstić information content (AvgIpc) is 3.11. The van der Waals surface area contributed by atoms with Gasteiger partial charge in [0.15, 0.2) is 10.8 Å². The minimum absolute atomic E-state index is 0.109. The highest BCUT2D eigenvalue weighted by Gasteiger charge is 2.14. The van der Waals surface area contributed by atoms with Crippen molar-refractivity contribution in [2.75, 3.05) is 7.05 Å². The first-order valence-electron chi connectivity index (χ1n) is 9.14. The van der Waals surface area contributed by atoms with E-state index in [1.165, 1.54) is 6.07 Å². The van der Waals surface area contributed by atoms with E-state index in [-0.39, 0.29) is 11.7 Å². The Labute approximate surface area is 172 Å². The van der Waals surface area contributed by atoms with Gasteiger partial charge in [0.05, 0.1) is 6.54 Å². The number of nitrogens with one attached hydrogen (secondary N) is 1. The maximum Gasteiger partial charge on any atom is 0.251 e. The fourth-order valence-corrected chi connectivity index (χ4v) is 3.99. The molecule has 29 heavy (non-hydrogen) atoms. The lowest BCUT2D eigenvalue weighted by atomic mass is 10.1. The summed E-state index contributed by atoms with van der Waals surface area (Å²) in [6.07, 6.45) is 1.72. The summed E-state index contributed by atoms with van der Waals surface area (Å²) in [6, 6.07) is 18.0. The summed E-state index contributed by atoms with van der Waals surface area (Å²) >= 11 is 1.56. The van der Waals surface area contributed by atoms with Crippen LogP contribution in [0, 0.1) is 5.82 Å². The van der Waals surface area contributed by atoms with E-state index in [0.717, 1.165) is 21.9 Å². The number of nitrogens with zero attached hydrogens (tertiary/aromatic N) is 3. The Morgan fingerprint density at radius 1 is 1.10 bits per heavy atom. The number of carbonyl (C=O) groups excluding carboxylic acids is 1. The third-order valence-corrected chi connectivity index (χ3v) is 5.61. The minimum Gasteiger partial charge on any atom is -0.355 e. The maximum absolute atomic E-state index is 14.2. The van der Waals surface area contributed by atoms with Crippen LogP contribution in [-0.2, 0) is 12.3 Å². The molecule has 7 heteroatoms. The quantitative estimate of drug-likeness (QED) is 0.486. The van der Waals surface area contributed by atoms with Gasteiger partial charge in [-0.1, -0.05) is 42.1 Å². The first kappa shape index (κ1) is 19.1. The molecule has 0 bridgehead atoms. The first-order valence-corrected chi connectivity index (χ1v) is 10.1. The predicted octanol–water partition coefficient (Wildman–Crippen LogP) is 4.27. The molecule has 0 fully saturated rings. The highest BCUT2D eigenvalue weighted by atomic mass is 32.2. The Kier molecular flexibility index (Phi) is 5.57. The largest absolute Gasteiger partial charge is 0.355 e. The molecule has 2 aromatic heterocycles. The number of imidazole rings is 1. The van der Waals surface area contributed by atoms with E-state index in [1.807, 2.05) is 34.9 Å². The molecular weight excluding hydrogens is 387 g/mol. The van der Waals surface area contributed by atoms with Crippen molar-refractivity contribution in [1.29, 1.82) is 0 Å². The number of carbonyl (C=O) groups is 1. The highest BCUT2D eigenvalue weighted by Crippen LogP contribution is 2.27. The molecule has 1 N–H and O–H groups in total. The second-order valence-electron chi connectivity index (χ2n) is 6.48. The topological polar surface area (TPSA) is 59.8 Å². The lowest BCUT2D eigenvalue weighted by Gasteiger charge is -2.09. The number of thioether (sulfide) groups is 1. The van der Waals surface area contributed by atoms with Gasteiger partial charge in [0, 0.05) is 30.1 Å². The molecule has 0 aliphatic heterocycles. The number of hydrogen-bond donors (Lipinski definition) is 1. The zero-order valence-electron chi connectivity index (χ0n) is 15.8. The van der Waals surface area contributed by atoms with Crippen molar-refractivity contribution in [2.24, 2.45) is 0 Å². The van der Waals surface area contributed by atoms with Gasteiger partial charge < -0.3 is 5.32 Å². The Balaban J connectivity index is 1.60. The van der Waals surface area contributed by atoms with Crippen molar-refractivity contribution in [2.45, 2.75) is 17.5 Å². The van der Waals surface area contributed by atoms with Gasteiger partial charge in [0.25, 0.3) is 5.91 Å². The monoisotopic (exact) mass is 406 g/mol. The fourth-order valence-electron chi connectivity index (χ4n) is 3.03. The molecule has 0 unspecified atom stereocenters. The Morgan fingerprint density at radius 3 is 2.66 bits per heavy atom. The molecule has 2 heterocycles. The number of amides is 1. The second kappa shape index (κ2) is 8.45. The molecule has 0 atom stereocenters. The van der Waals surface area contributed by atoms with Gasteiger partial charge >= 0.3 is 0 Å². The average molecular weight is 406 g/mol. The number of halogens is 1. The fraction of sp³-hybridized carbons (Fsp3) is 0.136. The molecule has 4 aromatic rings. The summed E-state index contributed by atoms with van der Waals surface area (Å²) in [6.45, 7) is 0.359. The number of hydrogen-bond acceptors (Lipinski definition) is 4. The van der Waals surface area contributed by atoms with Gasteiger partial charge in [-0.3, -0.25) is 9.36 Å². The molecule has 0 saturated carbocycles. The van der Waals surface area contributed by atoms with Crippen LogP contribution in [0.2, 0.25) is 0 Å². The van der Waals surface area contributed by atoms with Crippen LogP contribution in [0.3, 0.4) is 0 Å². The Morgan fingerprint density at radius 2 is 1.90 bits per heavy atom. The lowest BCUT2D eigenvalue weighted by molar-refractivity contribution is 0.0963. The third kappa shape index (κ3) is 4.14. The van der Waals surface area contributed by atoms with Crippen LogP contribution in [0.5, 0.6) is 0 Å². The molecule has 0 spiro atoms. The second-order valence-corrected chi connectivity index (χ2v) is 7.43. The number of aromatic nitrogens is 3. The van der Waals surface area contributed by atoms with Gasteiger partial charge in [-0.05, 0) is 35.9 Å². The van der Waals surface area contributed by atoms with Crippen LogP contribution >= 0.6 is 11.8 Å². The van der Waals surface area contributed by atoms with Crippen LogP contribution in [0.1, 0.15) is 21.5 Å². The van der Waals surface area contributed by atoms with Crippen LogP contribution in [0.4, 0.5) is 4.39 Å². The van der Waals surface area contributed by atoms with E-state index >= 15 is 0 Å². The summed E-state index contributed by atoms with van der Waals surface area (Å²) in [5.74, 6) is 0.321. The summed E-state index contributed by atoms with van der Waals surface area (Å²) < 4.78 is 16.1. The van der Waals surface area contributed by atoms with Crippen LogP contribution < -0.4 is 5.32 Å². The highest BCUT2D eigenvalue weighted by molar-refractivity contribution is 7.98. The van der Waals surface area contributed by atoms with Crippen molar-refractivity contribution in [1.82, 2.24) is 19.9 Å². The zero-order chi connectivity index (χ0) is 20.2.